The first kappa shape index (κ1) is 17.4. The number of carbonyl (C=O) groups excluding carboxylic acids is 1. The number of hydrogen-bond donors (Lipinski definition) is 2. The summed E-state index contributed by atoms with van der Waals surface area (Å²) in [6.07, 6.45) is 0. The molecule has 0 spiro atoms. The van der Waals surface area contributed by atoms with E-state index in [1.807, 2.05) is 4.90 Å². The molecule has 1 fully saturated rings. The van der Waals surface area contributed by atoms with Crippen molar-refractivity contribution in [3.8, 4) is 0 Å². The number of nitrogens with one attached hydrogen (secondary N) is 2. The second-order valence-corrected chi connectivity index (χ2v) is 7.08. The van der Waals surface area contributed by atoms with Gasteiger partial charge in [-0.05, 0) is 17.5 Å². The number of quaternary nitrogens is 1. The van der Waals surface area contributed by atoms with E-state index in [0.29, 0.717) is 5.69 Å². The predicted octanol–water partition coefficient (Wildman–Crippen LogP) is 0.996. The molecule has 0 radical (unpaired) electrons. The van der Waals surface area contributed by atoms with E-state index in [4.69, 9.17) is 0 Å². The molecule has 132 valence electrons. The summed E-state index contributed by atoms with van der Waals surface area (Å²) in [4.78, 5) is 27.4. The summed E-state index contributed by atoms with van der Waals surface area (Å²) in [7, 11) is 0. The zero-order chi connectivity index (χ0) is 17.6. The minimum Gasteiger partial charge on any atom is -0.376 e. The van der Waals surface area contributed by atoms with Crippen LogP contribution in [0.1, 0.15) is 4.88 Å². The van der Waals surface area contributed by atoms with Crippen molar-refractivity contribution in [2.24, 2.45) is 0 Å². The maximum absolute atomic E-state index is 12.3. The third kappa shape index (κ3) is 4.77. The zero-order valence-corrected chi connectivity index (χ0v) is 14.6. The molecule has 7 nitrogen and oxygen atoms in total. The normalized spacial score (nSPS) is 15.1. The molecule has 3 rings (SSSR count). The summed E-state index contributed by atoms with van der Waals surface area (Å²) >= 11 is 1.77. The molecule has 1 aliphatic heterocycles. The minimum absolute atomic E-state index is 0.0169. The fourth-order valence-corrected chi connectivity index (χ4v) is 3.70. The highest BCUT2D eigenvalue weighted by atomic mass is 32.1. The molecule has 1 aromatic carbocycles. The molecule has 25 heavy (non-hydrogen) atoms. The molecule has 1 amide bonds. The van der Waals surface area contributed by atoms with E-state index in [1.54, 1.807) is 23.5 Å². The van der Waals surface area contributed by atoms with Crippen molar-refractivity contribution in [3.63, 3.8) is 0 Å². The number of thiophene rings is 1. The van der Waals surface area contributed by atoms with Crippen molar-refractivity contribution < 1.29 is 14.6 Å². The van der Waals surface area contributed by atoms with E-state index in [1.165, 1.54) is 21.9 Å². The molecule has 0 saturated carbocycles. The number of benzene rings is 1. The first-order valence-electron chi connectivity index (χ1n) is 8.24. The largest absolute Gasteiger partial charge is 0.376 e. The molecular formula is C17H21N4O3S+. The SMILES string of the molecule is O=C(CNc1cccc([N+](=O)[O-])c1)N1CC[NH+](Cc2cccs2)CC1. The summed E-state index contributed by atoms with van der Waals surface area (Å²) in [5.74, 6) is 0.0293. The Morgan fingerprint density at radius 3 is 2.76 bits per heavy atom. The molecule has 8 heteroatoms. The number of nitro benzene ring substituents is 1. The summed E-state index contributed by atoms with van der Waals surface area (Å²) in [5.41, 5.74) is 0.604. The van der Waals surface area contributed by atoms with Crippen molar-refractivity contribution >= 4 is 28.6 Å². The lowest BCUT2D eigenvalue weighted by atomic mass is 10.2. The molecule has 2 aromatic rings. The van der Waals surface area contributed by atoms with E-state index in [0.717, 1.165) is 32.7 Å². The summed E-state index contributed by atoms with van der Waals surface area (Å²) < 4.78 is 0. The molecule has 0 aliphatic carbocycles. The Labute approximate surface area is 150 Å². The summed E-state index contributed by atoms with van der Waals surface area (Å²) in [6, 6.07) is 10.4. The van der Waals surface area contributed by atoms with Crippen LogP contribution in [-0.4, -0.2) is 48.5 Å². The van der Waals surface area contributed by atoms with Crippen molar-refractivity contribution in [1.82, 2.24) is 4.90 Å². The van der Waals surface area contributed by atoms with Gasteiger partial charge < -0.3 is 15.1 Å². The zero-order valence-electron chi connectivity index (χ0n) is 13.8. The standard InChI is InChI=1S/C17H20N4O3S/c22-17(12-18-14-3-1-4-15(11-14)21(23)24)20-8-6-19(7-9-20)13-16-5-2-10-25-16/h1-5,10-11,18H,6-9,12-13H2/p+1. The number of piperazine rings is 1. The van der Waals surface area contributed by atoms with Gasteiger partial charge in [-0.3, -0.25) is 14.9 Å². The molecule has 1 aliphatic rings. The smallest absolute Gasteiger partial charge is 0.271 e. The minimum atomic E-state index is -0.442. The van der Waals surface area contributed by atoms with E-state index < -0.39 is 4.92 Å². The quantitative estimate of drug-likeness (QED) is 0.594. The Morgan fingerprint density at radius 1 is 1.28 bits per heavy atom. The topological polar surface area (TPSA) is 79.9 Å². The van der Waals surface area contributed by atoms with E-state index in [2.05, 4.69) is 22.8 Å². The van der Waals surface area contributed by atoms with Crippen LogP contribution in [0.5, 0.6) is 0 Å². The number of carbonyl (C=O) groups is 1. The van der Waals surface area contributed by atoms with Gasteiger partial charge in [0.15, 0.2) is 0 Å². The first-order chi connectivity index (χ1) is 12.1. The fourth-order valence-electron chi connectivity index (χ4n) is 2.93. The van der Waals surface area contributed by atoms with Gasteiger partial charge in [-0.25, -0.2) is 0 Å². The van der Waals surface area contributed by atoms with Gasteiger partial charge in [-0.15, -0.1) is 11.3 Å². The molecule has 0 unspecified atom stereocenters. The van der Waals surface area contributed by atoms with Crippen LogP contribution in [0.25, 0.3) is 0 Å². The maximum atomic E-state index is 12.3. The molecule has 1 aromatic heterocycles. The third-order valence-corrected chi connectivity index (χ3v) is 5.20. The number of hydrogen-bond acceptors (Lipinski definition) is 5. The van der Waals surface area contributed by atoms with Crippen LogP contribution in [0.15, 0.2) is 41.8 Å². The van der Waals surface area contributed by atoms with Crippen LogP contribution in [0.2, 0.25) is 0 Å². The van der Waals surface area contributed by atoms with Gasteiger partial charge in [-0.2, -0.15) is 0 Å². The monoisotopic (exact) mass is 361 g/mol. The Morgan fingerprint density at radius 2 is 2.08 bits per heavy atom. The van der Waals surface area contributed by atoms with Gasteiger partial charge in [-0.1, -0.05) is 12.1 Å². The van der Waals surface area contributed by atoms with Crippen molar-refractivity contribution in [3.05, 3.63) is 56.8 Å². The van der Waals surface area contributed by atoms with E-state index in [-0.39, 0.29) is 18.1 Å². The lowest BCUT2D eigenvalue weighted by Gasteiger charge is -2.32. The predicted molar refractivity (Wildman–Crippen MR) is 96.9 cm³/mol. The van der Waals surface area contributed by atoms with Gasteiger partial charge in [0.05, 0.1) is 42.5 Å². The van der Waals surface area contributed by atoms with Crippen LogP contribution < -0.4 is 10.2 Å². The number of nitro groups is 1. The number of rotatable bonds is 6. The van der Waals surface area contributed by atoms with Crippen molar-refractivity contribution in [1.29, 1.82) is 0 Å². The van der Waals surface area contributed by atoms with Gasteiger partial charge >= 0.3 is 0 Å². The second-order valence-electron chi connectivity index (χ2n) is 6.05. The van der Waals surface area contributed by atoms with Crippen LogP contribution in [0.3, 0.4) is 0 Å². The van der Waals surface area contributed by atoms with Crippen molar-refractivity contribution in [2.75, 3.05) is 38.0 Å². The molecule has 0 bridgehead atoms. The number of amides is 1. The van der Waals surface area contributed by atoms with Crippen molar-refractivity contribution in [2.45, 2.75) is 6.54 Å². The molecule has 2 N–H and O–H groups in total. The van der Waals surface area contributed by atoms with Crippen LogP contribution in [-0.2, 0) is 11.3 Å². The van der Waals surface area contributed by atoms with Gasteiger partial charge in [0, 0.05) is 17.8 Å². The number of non-ortho nitro benzene ring substituents is 1. The molecule has 2 heterocycles. The fraction of sp³-hybridized carbons (Fsp3) is 0.353. The van der Waals surface area contributed by atoms with Gasteiger partial charge in [0.25, 0.3) is 5.69 Å². The van der Waals surface area contributed by atoms with Gasteiger partial charge in [0.1, 0.15) is 6.54 Å². The second kappa shape index (κ2) is 8.09. The molecule has 0 atom stereocenters. The summed E-state index contributed by atoms with van der Waals surface area (Å²) in [5, 5.41) is 15.9. The first-order valence-corrected chi connectivity index (χ1v) is 9.12. The Balaban J connectivity index is 1.45. The van der Waals surface area contributed by atoms with E-state index in [9.17, 15) is 14.9 Å². The Bertz CT molecular complexity index is 727. The van der Waals surface area contributed by atoms with E-state index >= 15 is 0 Å². The summed E-state index contributed by atoms with van der Waals surface area (Å²) in [6.45, 7) is 4.56. The number of nitrogens with zero attached hydrogens (tertiary/aromatic N) is 2. The van der Waals surface area contributed by atoms with Crippen LogP contribution in [0.4, 0.5) is 11.4 Å². The van der Waals surface area contributed by atoms with Crippen LogP contribution >= 0.6 is 11.3 Å². The maximum Gasteiger partial charge on any atom is 0.271 e. The number of anilines is 1. The average Bonchev–Trinajstić information content (AvgIpc) is 3.13. The lowest BCUT2D eigenvalue weighted by molar-refractivity contribution is -0.917. The highest BCUT2D eigenvalue weighted by Crippen LogP contribution is 2.16. The lowest BCUT2D eigenvalue weighted by Crippen LogP contribution is -3.13. The highest BCUT2D eigenvalue weighted by Gasteiger charge is 2.23. The highest BCUT2D eigenvalue weighted by molar-refractivity contribution is 7.09. The van der Waals surface area contributed by atoms with Gasteiger partial charge in [0.2, 0.25) is 5.91 Å². The Kier molecular flexibility index (Phi) is 5.62. The average molecular weight is 361 g/mol. The third-order valence-electron chi connectivity index (χ3n) is 4.33. The molecular weight excluding hydrogens is 340 g/mol. The molecule has 1 saturated heterocycles. The van der Waals surface area contributed by atoms with Crippen LogP contribution in [0, 0.1) is 10.1 Å². The Hall–Kier alpha value is -2.45.